The van der Waals surface area contributed by atoms with Gasteiger partial charge in [-0.25, -0.2) is 4.79 Å². The highest BCUT2D eigenvalue weighted by atomic mass is 16.6. The molecule has 1 amide bonds. The lowest BCUT2D eigenvalue weighted by Gasteiger charge is -2.15. The quantitative estimate of drug-likeness (QED) is 0.645. The molecule has 0 aliphatic carbocycles. The van der Waals surface area contributed by atoms with Crippen LogP contribution in [0.5, 0.6) is 0 Å². The van der Waals surface area contributed by atoms with Gasteiger partial charge in [-0.1, -0.05) is 0 Å². The Kier molecular flexibility index (Phi) is 2.97. The second kappa shape index (κ2) is 4.44. The van der Waals surface area contributed by atoms with Crippen LogP contribution < -0.4 is 4.90 Å². The first-order valence-corrected chi connectivity index (χ1v) is 5.33. The van der Waals surface area contributed by atoms with Gasteiger partial charge in [0.1, 0.15) is 5.56 Å². The molecule has 1 aliphatic heterocycles. The van der Waals surface area contributed by atoms with Crippen molar-refractivity contribution in [3.8, 4) is 0 Å². The first kappa shape index (κ1) is 12.0. The van der Waals surface area contributed by atoms with Crippen molar-refractivity contribution < 1.29 is 19.6 Å². The molecule has 0 radical (unpaired) electrons. The summed E-state index contributed by atoms with van der Waals surface area (Å²) in [4.78, 5) is 33.9. The fourth-order valence-electron chi connectivity index (χ4n) is 1.94. The first-order chi connectivity index (χ1) is 8.50. The van der Waals surface area contributed by atoms with Crippen LogP contribution >= 0.6 is 0 Å². The molecule has 0 spiro atoms. The molecular formula is C11H10N2O5. The van der Waals surface area contributed by atoms with E-state index in [1.165, 1.54) is 17.0 Å². The highest BCUT2D eigenvalue weighted by molar-refractivity contribution is 5.98. The van der Waals surface area contributed by atoms with E-state index >= 15 is 0 Å². The zero-order chi connectivity index (χ0) is 13.3. The highest BCUT2D eigenvalue weighted by Crippen LogP contribution is 2.27. The van der Waals surface area contributed by atoms with Gasteiger partial charge in [0, 0.05) is 24.7 Å². The molecule has 0 bridgehead atoms. The molecule has 7 nitrogen and oxygen atoms in total. The molecule has 0 atom stereocenters. The van der Waals surface area contributed by atoms with Crippen LogP contribution in [0, 0.1) is 10.1 Å². The third-order valence-corrected chi connectivity index (χ3v) is 2.79. The van der Waals surface area contributed by atoms with E-state index in [1.54, 1.807) is 0 Å². The number of rotatable bonds is 3. The van der Waals surface area contributed by atoms with Crippen molar-refractivity contribution in [2.45, 2.75) is 12.8 Å². The van der Waals surface area contributed by atoms with Crippen molar-refractivity contribution in [3.05, 3.63) is 33.9 Å². The molecule has 1 heterocycles. The first-order valence-electron chi connectivity index (χ1n) is 5.33. The summed E-state index contributed by atoms with van der Waals surface area (Å²) in [5, 5.41) is 19.6. The number of nitro benzene ring substituents is 1. The Hall–Kier alpha value is -2.44. The molecule has 1 saturated heterocycles. The van der Waals surface area contributed by atoms with E-state index in [-0.39, 0.29) is 5.91 Å². The van der Waals surface area contributed by atoms with Gasteiger partial charge >= 0.3 is 5.97 Å². The number of hydrogen-bond donors (Lipinski definition) is 1. The predicted octanol–water partition coefficient (Wildman–Crippen LogP) is 1.42. The average Bonchev–Trinajstić information content (AvgIpc) is 2.74. The molecule has 7 heteroatoms. The lowest BCUT2D eigenvalue weighted by Crippen LogP contribution is -2.24. The summed E-state index contributed by atoms with van der Waals surface area (Å²) in [6.07, 6.45) is 1.12. The average molecular weight is 250 g/mol. The molecule has 0 saturated carbocycles. The summed E-state index contributed by atoms with van der Waals surface area (Å²) in [7, 11) is 0. The maximum atomic E-state index is 11.5. The van der Waals surface area contributed by atoms with Crippen molar-refractivity contribution in [3.63, 3.8) is 0 Å². The van der Waals surface area contributed by atoms with Crippen LogP contribution in [0.25, 0.3) is 0 Å². The number of carbonyl (C=O) groups is 2. The van der Waals surface area contributed by atoms with Crippen molar-refractivity contribution in [1.82, 2.24) is 0 Å². The molecule has 18 heavy (non-hydrogen) atoms. The Morgan fingerprint density at radius 2 is 2.17 bits per heavy atom. The SMILES string of the molecule is O=C(O)c1cc(N2CCCC2=O)ccc1[N+](=O)[O-]. The second-order valence-corrected chi connectivity index (χ2v) is 3.91. The van der Waals surface area contributed by atoms with Crippen LogP contribution in [0.1, 0.15) is 23.2 Å². The summed E-state index contributed by atoms with van der Waals surface area (Å²) in [5.41, 5.74) is -0.490. The van der Waals surface area contributed by atoms with Gasteiger partial charge in [-0.3, -0.25) is 14.9 Å². The van der Waals surface area contributed by atoms with Crippen LogP contribution in [-0.2, 0) is 4.79 Å². The molecule has 1 fully saturated rings. The number of anilines is 1. The van der Waals surface area contributed by atoms with Crippen molar-refractivity contribution in [1.29, 1.82) is 0 Å². The minimum atomic E-state index is -1.38. The van der Waals surface area contributed by atoms with Gasteiger partial charge in [0.25, 0.3) is 5.69 Å². The van der Waals surface area contributed by atoms with Crippen LogP contribution in [0.2, 0.25) is 0 Å². The minimum Gasteiger partial charge on any atom is -0.477 e. The van der Waals surface area contributed by atoms with Crippen molar-refractivity contribution in [2.24, 2.45) is 0 Å². The van der Waals surface area contributed by atoms with E-state index in [1.807, 2.05) is 0 Å². The molecule has 94 valence electrons. The zero-order valence-corrected chi connectivity index (χ0v) is 9.33. The van der Waals surface area contributed by atoms with E-state index in [0.29, 0.717) is 25.1 Å². The number of nitrogens with zero attached hydrogens (tertiary/aromatic N) is 2. The van der Waals surface area contributed by atoms with Gasteiger partial charge in [0.2, 0.25) is 5.91 Å². The molecule has 1 aliphatic rings. The molecule has 1 aromatic carbocycles. The lowest BCUT2D eigenvalue weighted by molar-refractivity contribution is -0.385. The van der Waals surface area contributed by atoms with Crippen LogP contribution in [0.4, 0.5) is 11.4 Å². The summed E-state index contributed by atoms with van der Waals surface area (Å²) >= 11 is 0. The molecular weight excluding hydrogens is 240 g/mol. The summed E-state index contributed by atoms with van der Waals surface area (Å²) < 4.78 is 0. The molecule has 1 aromatic rings. The third-order valence-electron chi connectivity index (χ3n) is 2.79. The normalized spacial score (nSPS) is 14.9. The Balaban J connectivity index is 2.46. The van der Waals surface area contributed by atoms with Gasteiger partial charge in [0.05, 0.1) is 4.92 Å². The van der Waals surface area contributed by atoms with Gasteiger partial charge in [-0.2, -0.15) is 0 Å². The van der Waals surface area contributed by atoms with Crippen LogP contribution in [-0.4, -0.2) is 28.5 Å². The summed E-state index contributed by atoms with van der Waals surface area (Å²) in [5.74, 6) is -1.48. The monoisotopic (exact) mass is 250 g/mol. The fraction of sp³-hybridized carbons (Fsp3) is 0.273. The number of benzene rings is 1. The maximum Gasteiger partial charge on any atom is 0.342 e. The van der Waals surface area contributed by atoms with E-state index in [2.05, 4.69) is 0 Å². The number of carboxylic acids is 1. The van der Waals surface area contributed by atoms with Gasteiger partial charge in [-0.05, 0) is 18.6 Å². The van der Waals surface area contributed by atoms with E-state index in [4.69, 9.17) is 5.11 Å². The number of aromatic carboxylic acids is 1. The third kappa shape index (κ3) is 2.02. The molecule has 2 rings (SSSR count). The largest absolute Gasteiger partial charge is 0.477 e. The minimum absolute atomic E-state index is 0.0970. The van der Waals surface area contributed by atoms with Gasteiger partial charge < -0.3 is 10.0 Å². The Bertz CT molecular complexity index is 540. The number of hydrogen-bond acceptors (Lipinski definition) is 4. The molecule has 1 N–H and O–H groups in total. The van der Waals surface area contributed by atoms with Crippen LogP contribution in [0.3, 0.4) is 0 Å². The van der Waals surface area contributed by atoms with Gasteiger partial charge in [0.15, 0.2) is 0 Å². The summed E-state index contributed by atoms with van der Waals surface area (Å²) in [6, 6.07) is 3.68. The zero-order valence-electron chi connectivity index (χ0n) is 9.33. The fourth-order valence-corrected chi connectivity index (χ4v) is 1.94. The second-order valence-electron chi connectivity index (χ2n) is 3.91. The smallest absolute Gasteiger partial charge is 0.342 e. The van der Waals surface area contributed by atoms with E-state index in [9.17, 15) is 19.7 Å². The summed E-state index contributed by atoms with van der Waals surface area (Å²) in [6.45, 7) is 0.510. The predicted molar refractivity (Wildman–Crippen MR) is 61.6 cm³/mol. The van der Waals surface area contributed by atoms with E-state index in [0.717, 1.165) is 6.07 Å². The Morgan fingerprint density at radius 1 is 1.44 bits per heavy atom. The number of carbonyl (C=O) groups excluding carboxylic acids is 1. The maximum absolute atomic E-state index is 11.5. The number of nitro groups is 1. The topological polar surface area (TPSA) is 101 Å². The Morgan fingerprint density at radius 3 is 2.67 bits per heavy atom. The van der Waals surface area contributed by atoms with Crippen molar-refractivity contribution >= 4 is 23.3 Å². The number of amides is 1. The molecule has 0 aromatic heterocycles. The van der Waals surface area contributed by atoms with Gasteiger partial charge in [-0.15, -0.1) is 0 Å². The Labute approximate surface area is 102 Å². The number of carboxylic acid groups (broad SMARTS) is 1. The highest BCUT2D eigenvalue weighted by Gasteiger charge is 2.26. The van der Waals surface area contributed by atoms with Crippen molar-refractivity contribution in [2.75, 3.05) is 11.4 Å². The molecule has 0 unspecified atom stereocenters. The van der Waals surface area contributed by atoms with E-state index < -0.39 is 22.1 Å². The van der Waals surface area contributed by atoms with Crippen LogP contribution in [0.15, 0.2) is 18.2 Å². The standard InChI is InChI=1S/C11H10N2O5/c14-10-2-1-5-12(10)7-3-4-9(13(17)18)8(6-7)11(15)16/h3-4,6H,1-2,5H2,(H,15,16). The lowest BCUT2D eigenvalue weighted by atomic mass is 10.1.